The predicted molar refractivity (Wildman–Crippen MR) is 71.4 cm³/mol. The average Bonchev–Trinajstić information content (AvgIpc) is 3.02. The highest BCUT2D eigenvalue weighted by Crippen LogP contribution is 2.41. The molecule has 1 aromatic heterocycles. The molecule has 1 aromatic rings. The summed E-state index contributed by atoms with van der Waals surface area (Å²) in [6.07, 6.45) is 0. The van der Waals surface area contributed by atoms with Gasteiger partial charge in [0, 0.05) is 36.9 Å². The van der Waals surface area contributed by atoms with Crippen LogP contribution >= 0.6 is 11.3 Å². The highest BCUT2D eigenvalue weighted by Gasteiger charge is 2.52. The summed E-state index contributed by atoms with van der Waals surface area (Å²) in [6, 6.07) is 0. The van der Waals surface area contributed by atoms with Crippen molar-refractivity contribution in [2.45, 2.75) is 6.92 Å². The van der Waals surface area contributed by atoms with Gasteiger partial charge in [0.15, 0.2) is 0 Å². The van der Waals surface area contributed by atoms with Gasteiger partial charge in [-0.05, 0) is 6.92 Å². The number of nitrogens with zero attached hydrogens (tertiary/aromatic N) is 2. The quantitative estimate of drug-likeness (QED) is 0.835. The van der Waals surface area contributed by atoms with Gasteiger partial charge in [-0.25, -0.2) is 4.98 Å². The molecule has 0 saturated carbocycles. The first kappa shape index (κ1) is 13.0. The molecule has 2 aliphatic rings. The number of likely N-dealkylation sites (tertiary alicyclic amines) is 1. The fourth-order valence-corrected chi connectivity index (χ4v) is 3.69. The van der Waals surface area contributed by atoms with E-state index >= 15 is 0 Å². The maximum atomic E-state index is 12.4. The molecule has 0 aliphatic carbocycles. The van der Waals surface area contributed by atoms with Gasteiger partial charge in [-0.2, -0.15) is 0 Å². The predicted octanol–water partition coefficient (Wildman–Crippen LogP) is 1.19. The molecular formula is C13H18N2O3S. The summed E-state index contributed by atoms with van der Waals surface area (Å²) in [7, 11) is 1.71. The van der Waals surface area contributed by atoms with Crippen molar-refractivity contribution >= 4 is 17.2 Å². The summed E-state index contributed by atoms with van der Waals surface area (Å²) in [5, 5.41) is 2.77. The largest absolute Gasteiger partial charge is 0.384 e. The van der Waals surface area contributed by atoms with Crippen LogP contribution in [0.25, 0.3) is 0 Å². The number of aromatic nitrogens is 1. The number of carbonyl (C=O) groups is 1. The van der Waals surface area contributed by atoms with Crippen LogP contribution in [0, 0.1) is 18.3 Å². The van der Waals surface area contributed by atoms with Gasteiger partial charge >= 0.3 is 0 Å². The van der Waals surface area contributed by atoms with Crippen molar-refractivity contribution in [3.05, 3.63) is 16.1 Å². The molecule has 3 heterocycles. The Morgan fingerprint density at radius 2 is 2.58 bits per heavy atom. The van der Waals surface area contributed by atoms with Crippen molar-refractivity contribution in [1.82, 2.24) is 9.88 Å². The van der Waals surface area contributed by atoms with Crippen LogP contribution in [0.1, 0.15) is 15.5 Å². The lowest BCUT2D eigenvalue weighted by molar-refractivity contribution is 0.0487. The minimum atomic E-state index is -0.0184. The second-order valence-corrected chi connectivity index (χ2v) is 6.51. The number of hydrogen-bond acceptors (Lipinski definition) is 5. The molecule has 0 N–H and O–H groups in total. The molecule has 2 fully saturated rings. The van der Waals surface area contributed by atoms with Gasteiger partial charge in [-0.15, -0.1) is 11.3 Å². The third-order valence-electron chi connectivity index (χ3n) is 4.08. The van der Waals surface area contributed by atoms with Gasteiger partial charge in [-0.1, -0.05) is 0 Å². The third kappa shape index (κ3) is 2.17. The normalized spacial score (nSPS) is 29.8. The molecule has 6 heteroatoms. The fourth-order valence-electron chi connectivity index (χ4n) is 3.10. The Kier molecular flexibility index (Phi) is 3.32. The van der Waals surface area contributed by atoms with Crippen molar-refractivity contribution in [3.63, 3.8) is 0 Å². The monoisotopic (exact) mass is 282 g/mol. The molecule has 2 atom stereocenters. The zero-order valence-electron chi connectivity index (χ0n) is 11.2. The summed E-state index contributed by atoms with van der Waals surface area (Å²) >= 11 is 1.51. The standard InChI is InChI=1S/C13H18N2O3S/c1-9-14-11(5-19-9)12(16)15-3-10-4-18-8-13(10,6-15)7-17-2/h5,10H,3-4,6-8H2,1-2H3/t10-,13-/m0/s1. The van der Waals surface area contributed by atoms with Gasteiger partial charge in [-0.3, -0.25) is 4.79 Å². The summed E-state index contributed by atoms with van der Waals surface area (Å²) in [5.74, 6) is 0.422. The Balaban J connectivity index is 1.76. The van der Waals surface area contributed by atoms with Crippen LogP contribution in [0.4, 0.5) is 0 Å². The lowest BCUT2D eigenvalue weighted by Gasteiger charge is -2.25. The third-order valence-corrected chi connectivity index (χ3v) is 4.85. The number of amides is 1. The van der Waals surface area contributed by atoms with Crippen molar-refractivity contribution in [3.8, 4) is 0 Å². The number of carbonyl (C=O) groups excluding carboxylic acids is 1. The summed E-state index contributed by atoms with van der Waals surface area (Å²) in [4.78, 5) is 18.6. The zero-order valence-corrected chi connectivity index (χ0v) is 12.0. The molecule has 104 valence electrons. The summed E-state index contributed by atoms with van der Waals surface area (Å²) < 4.78 is 10.9. The number of methoxy groups -OCH3 is 1. The van der Waals surface area contributed by atoms with E-state index < -0.39 is 0 Å². The van der Waals surface area contributed by atoms with Crippen LogP contribution in [-0.2, 0) is 9.47 Å². The smallest absolute Gasteiger partial charge is 0.273 e. The van der Waals surface area contributed by atoms with E-state index in [9.17, 15) is 4.79 Å². The molecule has 0 spiro atoms. The number of fused-ring (bicyclic) bond motifs is 1. The highest BCUT2D eigenvalue weighted by atomic mass is 32.1. The number of hydrogen-bond donors (Lipinski definition) is 0. The van der Waals surface area contributed by atoms with Crippen LogP contribution in [0.2, 0.25) is 0 Å². The molecule has 19 heavy (non-hydrogen) atoms. The highest BCUT2D eigenvalue weighted by molar-refractivity contribution is 7.09. The summed E-state index contributed by atoms with van der Waals surface area (Å²) in [5.41, 5.74) is 0.547. The van der Waals surface area contributed by atoms with E-state index in [1.165, 1.54) is 11.3 Å². The summed E-state index contributed by atoms with van der Waals surface area (Å²) in [6.45, 7) is 5.44. The Bertz CT molecular complexity index is 490. The van der Waals surface area contributed by atoms with E-state index in [4.69, 9.17) is 9.47 Å². The fraction of sp³-hybridized carbons (Fsp3) is 0.692. The maximum Gasteiger partial charge on any atom is 0.273 e. The van der Waals surface area contributed by atoms with Crippen LogP contribution in [0.5, 0.6) is 0 Å². The van der Waals surface area contributed by atoms with Gasteiger partial charge in [0.25, 0.3) is 5.91 Å². The second-order valence-electron chi connectivity index (χ2n) is 5.44. The lowest BCUT2D eigenvalue weighted by Crippen LogP contribution is -2.37. The van der Waals surface area contributed by atoms with Gasteiger partial charge in [0.05, 0.1) is 24.8 Å². The SMILES string of the molecule is COC[C@@]12COC[C@@H]1CN(C(=O)c1csc(C)n1)C2. The first-order valence-corrected chi connectivity index (χ1v) is 7.31. The molecule has 2 saturated heterocycles. The molecule has 0 aromatic carbocycles. The average molecular weight is 282 g/mol. The van der Waals surface area contributed by atoms with Crippen molar-refractivity contribution < 1.29 is 14.3 Å². The molecule has 1 amide bonds. The maximum absolute atomic E-state index is 12.4. The van der Waals surface area contributed by atoms with E-state index in [0.717, 1.165) is 18.2 Å². The number of ether oxygens (including phenoxy) is 2. The number of aryl methyl sites for hydroxylation is 1. The Morgan fingerprint density at radius 3 is 3.26 bits per heavy atom. The molecule has 0 unspecified atom stereocenters. The molecule has 3 rings (SSSR count). The second kappa shape index (κ2) is 4.85. The lowest BCUT2D eigenvalue weighted by atomic mass is 9.82. The van der Waals surface area contributed by atoms with Crippen LogP contribution in [-0.4, -0.2) is 55.8 Å². The van der Waals surface area contributed by atoms with Crippen LogP contribution in [0.3, 0.4) is 0 Å². The molecule has 2 aliphatic heterocycles. The molecular weight excluding hydrogens is 264 g/mol. The molecule has 0 radical (unpaired) electrons. The van der Waals surface area contributed by atoms with Crippen LogP contribution in [0.15, 0.2) is 5.38 Å². The van der Waals surface area contributed by atoms with Crippen molar-refractivity contribution in [2.75, 3.05) is 40.0 Å². The van der Waals surface area contributed by atoms with Gasteiger partial charge < -0.3 is 14.4 Å². The van der Waals surface area contributed by atoms with E-state index in [1.54, 1.807) is 7.11 Å². The number of rotatable bonds is 3. The van der Waals surface area contributed by atoms with E-state index in [0.29, 0.717) is 31.4 Å². The topological polar surface area (TPSA) is 51.7 Å². The minimum absolute atomic E-state index is 0.0184. The van der Waals surface area contributed by atoms with Crippen molar-refractivity contribution in [2.24, 2.45) is 11.3 Å². The van der Waals surface area contributed by atoms with Crippen molar-refractivity contribution in [1.29, 1.82) is 0 Å². The first-order chi connectivity index (χ1) is 9.14. The van der Waals surface area contributed by atoms with E-state index in [2.05, 4.69) is 4.98 Å². The van der Waals surface area contributed by atoms with Gasteiger partial charge in [0.1, 0.15) is 5.69 Å². The van der Waals surface area contributed by atoms with Crippen LogP contribution < -0.4 is 0 Å². The number of thiazole rings is 1. The Hall–Kier alpha value is -0.980. The minimum Gasteiger partial charge on any atom is -0.384 e. The Labute approximate surface area is 116 Å². The Morgan fingerprint density at radius 1 is 1.74 bits per heavy atom. The molecule has 0 bridgehead atoms. The van der Waals surface area contributed by atoms with E-state index in [-0.39, 0.29) is 11.3 Å². The molecule has 5 nitrogen and oxygen atoms in total. The first-order valence-electron chi connectivity index (χ1n) is 6.43. The van der Waals surface area contributed by atoms with E-state index in [1.807, 2.05) is 17.2 Å². The zero-order chi connectivity index (χ0) is 13.5. The van der Waals surface area contributed by atoms with Gasteiger partial charge in [0.2, 0.25) is 0 Å².